The molecule has 1 unspecified atom stereocenters. The van der Waals surface area contributed by atoms with Crippen molar-refractivity contribution in [3.05, 3.63) is 0 Å². The maximum Gasteiger partial charge on any atom is 0.113 e. The first-order valence-electron chi connectivity index (χ1n) is 6.58. The van der Waals surface area contributed by atoms with Gasteiger partial charge < -0.3 is 4.74 Å². The zero-order valence-corrected chi connectivity index (χ0v) is 10.5. The standard InChI is InChI=1S/C13H24FNO/c1-11(2)16-10-13(5-6-13)9-15-7-3-4-12(14)8-15/h11-12H,3-10H2,1-2H3. The summed E-state index contributed by atoms with van der Waals surface area (Å²) < 4.78 is 19.0. The van der Waals surface area contributed by atoms with Gasteiger partial charge in [-0.2, -0.15) is 0 Å². The fourth-order valence-electron chi connectivity index (χ4n) is 2.49. The molecule has 94 valence electrons. The Morgan fingerprint density at radius 2 is 2.19 bits per heavy atom. The van der Waals surface area contributed by atoms with Crippen molar-refractivity contribution >= 4 is 0 Å². The van der Waals surface area contributed by atoms with E-state index in [1.807, 2.05) is 0 Å². The normalized spacial score (nSPS) is 29.6. The fourth-order valence-corrected chi connectivity index (χ4v) is 2.49. The third-order valence-electron chi connectivity index (χ3n) is 3.69. The lowest BCUT2D eigenvalue weighted by Gasteiger charge is -2.32. The molecule has 0 bridgehead atoms. The minimum atomic E-state index is -0.601. The van der Waals surface area contributed by atoms with Crippen molar-refractivity contribution in [2.45, 2.75) is 51.8 Å². The highest BCUT2D eigenvalue weighted by Gasteiger charge is 2.44. The van der Waals surface area contributed by atoms with E-state index in [2.05, 4.69) is 18.7 Å². The van der Waals surface area contributed by atoms with Crippen LogP contribution in [0.25, 0.3) is 0 Å². The molecule has 1 heterocycles. The Morgan fingerprint density at radius 3 is 2.75 bits per heavy atom. The van der Waals surface area contributed by atoms with Gasteiger partial charge >= 0.3 is 0 Å². The lowest BCUT2D eigenvalue weighted by molar-refractivity contribution is 0.0230. The highest BCUT2D eigenvalue weighted by molar-refractivity contribution is 4.96. The van der Waals surface area contributed by atoms with Crippen LogP contribution < -0.4 is 0 Å². The van der Waals surface area contributed by atoms with Crippen molar-refractivity contribution < 1.29 is 9.13 Å². The molecule has 0 radical (unpaired) electrons. The van der Waals surface area contributed by atoms with E-state index in [4.69, 9.17) is 4.74 Å². The van der Waals surface area contributed by atoms with E-state index >= 15 is 0 Å². The molecule has 2 aliphatic rings. The van der Waals surface area contributed by atoms with Crippen molar-refractivity contribution in [1.29, 1.82) is 0 Å². The van der Waals surface area contributed by atoms with Gasteiger partial charge in [0.05, 0.1) is 12.7 Å². The summed E-state index contributed by atoms with van der Waals surface area (Å²) in [5, 5.41) is 0. The second-order valence-electron chi connectivity index (χ2n) is 5.83. The average molecular weight is 229 g/mol. The molecule has 16 heavy (non-hydrogen) atoms. The number of likely N-dealkylation sites (tertiary alicyclic amines) is 1. The first-order chi connectivity index (χ1) is 7.60. The van der Waals surface area contributed by atoms with Crippen LogP contribution in [0.5, 0.6) is 0 Å². The summed E-state index contributed by atoms with van der Waals surface area (Å²) in [5.74, 6) is 0. The summed E-state index contributed by atoms with van der Waals surface area (Å²) in [7, 11) is 0. The Bertz CT molecular complexity index is 228. The predicted molar refractivity (Wildman–Crippen MR) is 63.3 cm³/mol. The third kappa shape index (κ3) is 3.42. The highest BCUT2D eigenvalue weighted by atomic mass is 19.1. The van der Waals surface area contributed by atoms with E-state index in [9.17, 15) is 4.39 Å². The number of halogens is 1. The van der Waals surface area contributed by atoms with Crippen molar-refractivity contribution in [3.63, 3.8) is 0 Å². The molecule has 2 rings (SSSR count). The van der Waals surface area contributed by atoms with E-state index in [1.165, 1.54) is 12.8 Å². The van der Waals surface area contributed by atoms with Crippen LogP contribution in [0.4, 0.5) is 4.39 Å². The molecule has 0 amide bonds. The van der Waals surface area contributed by atoms with E-state index in [0.29, 0.717) is 18.1 Å². The second kappa shape index (κ2) is 5.01. The molecule has 1 saturated heterocycles. The van der Waals surface area contributed by atoms with Gasteiger partial charge in [0.15, 0.2) is 0 Å². The third-order valence-corrected chi connectivity index (χ3v) is 3.69. The number of hydrogen-bond donors (Lipinski definition) is 0. The van der Waals surface area contributed by atoms with Crippen LogP contribution in [-0.4, -0.2) is 43.4 Å². The summed E-state index contributed by atoms with van der Waals surface area (Å²) in [6.45, 7) is 7.77. The first-order valence-corrected chi connectivity index (χ1v) is 6.58. The van der Waals surface area contributed by atoms with E-state index < -0.39 is 6.17 Å². The molecule has 0 aromatic rings. The second-order valence-corrected chi connectivity index (χ2v) is 5.83. The first kappa shape index (κ1) is 12.3. The molecule has 1 saturated carbocycles. The molecule has 2 fully saturated rings. The number of nitrogens with zero attached hydrogens (tertiary/aromatic N) is 1. The molecule has 1 atom stereocenters. The lowest BCUT2D eigenvalue weighted by Crippen LogP contribution is -2.41. The summed E-state index contributed by atoms with van der Waals surface area (Å²) in [6, 6.07) is 0. The number of piperidine rings is 1. The largest absolute Gasteiger partial charge is 0.378 e. The van der Waals surface area contributed by atoms with Gasteiger partial charge in [-0.05, 0) is 46.1 Å². The average Bonchev–Trinajstić information content (AvgIpc) is 2.96. The predicted octanol–water partition coefficient (Wildman–Crippen LogP) is 2.63. The topological polar surface area (TPSA) is 12.5 Å². The SMILES string of the molecule is CC(C)OCC1(CN2CCCC(F)C2)CC1. The quantitative estimate of drug-likeness (QED) is 0.718. The molecule has 0 aromatic heterocycles. The van der Waals surface area contributed by atoms with Crippen molar-refractivity contribution in [2.24, 2.45) is 5.41 Å². The lowest BCUT2D eigenvalue weighted by atomic mass is 10.0. The number of rotatable bonds is 5. The molecular formula is C13H24FNO. The van der Waals surface area contributed by atoms with E-state index in [1.54, 1.807) is 0 Å². The Morgan fingerprint density at radius 1 is 1.44 bits per heavy atom. The van der Waals surface area contributed by atoms with Gasteiger partial charge in [0.1, 0.15) is 6.17 Å². The van der Waals surface area contributed by atoms with Crippen LogP contribution in [0.2, 0.25) is 0 Å². The number of ether oxygens (including phenoxy) is 1. The van der Waals surface area contributed by atoms with Gasteiger partial charge in [-0.1, -0.05) is 0 Å². The summed E-state index contributed by atoms with van der Waals surface area (Å²) in [4.78, 5) is 2.30. The van der Waals surface area contributed by atoms with E-state index in [0.717, 1.165) is 32.5 Å². The molecule has 3 heteroatoms. The van der Waals surface area contributed by atoms with Gasteiger partial charge in [-0.25, -0.2) is 4.39 Å². The molecule has 1 aliphatic carbocycles. The summed E-state index contributed by atoms with van der Waals surface area (Å²) in [6.07, 6.45) is 4.00. The van der Waals surface area contributed by atoms with Crippen LogP contribution in [-0.2, 0) is 4.74 Å². The Balaban J connectivity index is 1.75. The Hall–Kier alpha value is -0.150. The van der Waals surface area contributed by atoms with E-state index in [-0.39, 0.29) is 0 Å². The van der Waals surface area contributed by atoms with Crippen LogP contribution in [0, 0.1) is 5.41 Å². The van der Waals surface area contributed by atoms with Crippen molar-refractivity contribution in [2.75, 3.05) is 26.2 Å². The van der Waals surface area contributed by atoms with Crippen molar-refractivity contribution in [3.8, 4) is 0 Å². The van der Waals surface area contributed by atoms with Crippen LogP contribution >= 0.6 is 0 Å². The smallest absolute Gasteiger partial charge is 0.113 e. The van der Waals surface area contributed by atoms with Gasteiger partial charge in [-0.3, -0.25) is 4.90 Å². The minimum Gasteiger partial charge on any atom is -0.378 e. The van der Waals surface area contributed by atoms with Gasteiger partial charge in [0.25, 0.3) is 0 Å². The Kier molecular flexibility index (Phi) is 3.85. The van der Waals surface area contributed by atoms with Gasteiger partial charge in [0, 0.05) is 18.5 Å². The summed E-state index contributed by atoms with van der Waals surface area (Å²) >= 11 is 0. The van der Waals surface area contributed by atoms with Crippen LogP contribution in [0.15, 0.2) is 0 Å². The monoisotopic (exact) mass is 229 g/mol. The van der Waals surface area contributed by atoms with Crippen molar-refractivity contribution in [1.82, 2.24) is 4.90 Å². The maximum absolute atomic E-state index is 13.3. The number of alkyl halides is 1. The molecule has 0 aromatic carbocycles. The molecule has 1 aliphatic heterocycles. The number of hydrogen-bond acceptors (Lipinski definition) is 2. The zero-order chi connectivity index (χ0) is 11.6. The van der Waals surface area contributed by atoms with Crippen LogP contribution in [0.1, 0.15) is 39.5 Å². The summed E-state index contributed by atoms with van der Waals surface area (Å²) in [5.41, 5.74) is 0.362. The zero-order valence-electron chi connectivity index (χ0n) is 10.5. The van der Waals surface area contributed by atoms with Gasteiger partial charge in [-0.15, -0.1) is 0 Å². The maximum atomic E-state index is 13.3. The molecule has 0 N–H and O–H groups in total. The molecule has 2 nitrogen and oxygen atoms in total. The van der Waals surface area contributed by atoms with Gasteiger partial charge in [0.2, 0.25) is 0 Å². The highest BCUT2D eigenvalue weighted by Crippen LogP contribution is 2.47. The van der Waals surface area contributed by atoms with Crippen LogP contribution in [0.3, 0.4) is 0 Å². The molecular weight excluding hydrogens is 205 g/mol. The molecule has 0 spiro atoms. The fraction of sp³-hybridized carbons (Fsp3) is 1.00. The Labute approximate surface area is 98.1 Å². The minimum absolute atomic E-state index is 0.313.